The Bertz CT molecular complexity index is 1010. The number of carbonyl (C=O) groups excluding carboxylic acids is 1. The fourth-order valence-electron chi connectivity index (χ4n) is 4.08. The standard InChI is InChI=1S/C25H24ClFN2O2/c1-28(25(30)31-22-13-11-21(27)12-14-22)24-17-29(15-18-5-3-2-4-6-18)16-23(24)19-7-9-20(26)10-8-19/h2-14,23-24H,15-17H2,1H3. The van der Waals surface area contributed by atoms with Crippen LogP contribution in [0, 0.1) is 5.82 Å². The number of halogens is 2. The second-order valence-electron chi connectivity index (χ2n) is 7.84. The molecular formula is C25H24ClFN2O2. The van der Waals surface area contributed by atoms with Crippen LogP contribution in [0.2, 0.25) is 5.02 Å². The quantitative estimate of drug-likeness (QED) is 0.521. The summed E-state index contributed by atoms with van der Waals surface area (Å²) in [6.45, 7) is 2.34. The highest BCUT2D eigenvalue weighted by atomic mass is 35.5. The van der Waals surface area contributed by atoms with Crippen molar-refractivity contribution in [3.63, 3.8) is 0 Å². The first-order chi connectivity index (χ1) is 15.0. The van der Waals surface area contributed by atoms with Crippen molar-refractivity contribution in [2.45, 2.75) is 18.5 Å². The van der Waals surface area contributed by atoms with Gasteiger partial charge in [0.25, 0.3) is 0 Å². The summed E-state index contributed by atoms with van der Waals surface area (Å²) < 4.78 is 18.6. The molecule has 0 radical (unpaired) electrons. The number of carbonyl (C=O) groups is 1. The molecule has 160 valence electrons. The second kappa shape index (κ2) is 9.50. The largest absolute Gasteiger partial charge is 0.415 e. The molecule has 6 heteroatoms. The first kappa shape index (κ1) is 21.3. The van der Waals surface area contributed by atoms with E-state index in [1.165, 1.54) is 29.8 Å². The third-order valence-electron chi connectivity index (χ3n) is 5.72. The van der Waals surface area contributed by atoms with Gasteiger partial charge in [0.15, 0.2) is 0 Å². The SMILES string of the molecule is CN(C(=O)Oc1ccc(F)cc1)C1CN(Cc2ccccc2)CC1c1ccc(Cl)cc1. The number of likely N-dealkylation sites (N-methyl/N-ethyl adjacent to an activating group) is 1. The zero-order chi connectivity index (χ0) is 21.8. The van der Waals surface area contributed by atoms with Crippen molar-refractivity contribution in [2.24, 2.45) is 0 Å². The van der Waals surface area contributed by atoms with Gasteiger partial charge in [0.05, 0.1) is 6.04 Å². The highest BCUT2D eigenvalue weighted by molar-refractivity contribution is 6.30. The molecule has 0 bridgehead atoms. The molecule has 0 aromatic heterocycles. The van der Waals surface area contributed by atoms with Crippen molar-refractivity contribution in [3.8, 4) is 5.75 Å². The Morgan fingerprint density at radius 2 is 1.71 bits per heavy atom. The Kier molecular flexibility index (Phi) is 6.54. The molecule has 0 saturated carbocycles. The van der Waals surface area contributed by atoms with Crippen LogP contribution in [0.25, 0.3) is 0 Å². The molecule has 0 N–H and O–H groups in total. The molecule has 1 aliphatic heterocycles. The fourth-order valence-corrected chi connectivity index (χ4v) is 4.20. The van der Waals surface area contributed by atoms with Gasteiger partial charge in [-0.1, -0.05) is 54.1 Å². The van der Waals surface area contributed by atoms with Gasteiger partial charge >= 0.3 is 6.09 Å². The molecule has 3 aromatic carbocycles. The van der Waals surface area contributed by atoms with E-state index in [-0.39, 0.29) is 17.8 Å². The number of ether oxygens (including phenoxy) is 1. The minimum absolute atomic E-state index is 0.0714. The van der Waals surface area contributed by atoms with Crippen molar-refractivity contribution >= 4 is 17.7 Å². The third-order valence-corrected chi connectivity index (χ3v) is 5.97. The van der Waals surface area contributed by atoms with Crippen LogP contribution in [0.5, 0.6) is 5.75 Å². The average Bonchev–Trinajstić information content (AvgIpc) is 3.19. The zero-order valence-electron chi connectivity index (χ0n) is 17.2. The minimum Gasteiger partial charge on any atom is -0.410 e. The van der Waals surface area contributed by atoms with E-state index >= 15 is 0 Å². The van der Waals surface area contributed by atoms with Crippen LogP contribution in [-0.2, 0) is 6.54 Å². The molecule has 3 aromatic rings. The summed E-state index contributed by atoms with van der Waals surface area (Å²) >= 11 is 6.08. The number of rotatable bonds is 5. The van der Waals surface area contributed by atoms with Crippen molar-refractivity contribution in [3.05, 3.63) is 101 Å². The minimum atomic E-state index is -0.461. The number of amides is 1. The number of hydrogen-bond acceptors (Lipinski definition) is 3. The van der Waals surface area contributed by atoms with Gasteiger partial charge in [0, 0.05) is 37.6 Å². The molecule has 1 saturated heterocycles. The molecule has 4 nitrogen and oxygen atoms in total. The topological polar surface area (TPSA) is 32.8 Å². The van der Waals surface area contributed by atoms with Gasteiger partial charge in [-0.15, -0.1) is 0 Å². The molecule has 1 fully saturated rings. The van der Waals surface area contributed by atoms with Crippen molar-refractivity contribution in [1.82, 2.24) is 9.80 Å². The first-order valence-corrected chi connectivity index (χ1v) is 10.6. The van der Waals surface area contributed by atoms with Gasteiger partial charge in [0.1, 0.15) is 11.6 Å². The summed E-state index contributed by atoms with van der Waals surface area (Å²) in [6, 6.07) is 23.5. The number of nitrogens with zero attached hydrogens (tertiary/aromatic N) is 2. The van der Waals surface area contributed by atoms with E-state index in [1.54, 1.807) is 11.9 Å². The maximum Gasteiger partial charge on any atom is 0.415 e. The number of likely N-dealkylation sites (tertiary alicyclic amines) is 1. The summed E-state index contributed by atoms with van der Waals surface area (Å²) in [6.07, 6.45) is -0.461. The molecule has 4 rings (SSSR count). The van der Waals surface area contributed by atoms with Crippen LogP contribution in [0.15, 0.2) is 78.9 Å². The van der Waals surface area contributed by atoms with E-state index in [0.717, 1.165) is 25.2 Å². The van der Waals surface area contributed by atoms with Crippen LogP contribution >= 0.6 is 11.6 Å². The van der Waals surface area contributed by atoms with Crippen LogP contribution in [0.1, 0.15) is 17.0 Å². The number of hydrogen-bond donors (Lipinski definition) is 0. The monoisotopic (exact) mass is 438 g/mol. The summed E-state index contributed by atoms with van der Waals surface area (Å²) in [5, 5.41) is 0.684. The Balaban J connectivity index is 1.53. The van der Waals surface area contributed by atoms with E-state index in [2.05, 4.69) is 17.0 Å². The molecule has 1 amide bonds. The van der Waals surface area contributed by atoms with Crippen LogP contribution in [0.4, 0.5) is 9.18 Å². The van der Waals surface area contributed by atoms with Crippen LogP contribution in [-0.4, -0.2) is 42.1 Å². The maximum atomic E-state index is 13.2. The van der Waals surface area contributed by atoms with E-state index in [0.29, 0.717) is 10.8 Å². The second-order valence-corrected chi connectivity index (χ2v) is 8.27. The van der Waals surface area contributed by atoms with Gasteiger partial charge in [-0.3, -0.25) is 4.90 Å². The van der Waals surface area contributed by atoms with Gasteiger partial charge < -0.3 is 9.64 Å². The maximum absolute atomic E-state index is 13.2. The third kappa shape index (κ3) is 5.24. The summed E-state index contributed by atoms with van der Waals surface area (Å²) in [7, 11) is 1.76. The first-order valence-electron chi connectivity index (χ1n) is 10.2. The lowest BCUT2D eigenvalue weighted by atomic mass is 9.94. The molecule has 1 heterocycles. The normalized spacial score (nSPS) is 18.7. The molecule has 2 unspecified atom stereocenters. The van der Waals surface area contributed by atoms with Gasteiger partial charge in [-0.25, -0.2) is 9.18 Å². The summed E-state index contributed by atoms with van der Waals surface area (Å²) in [5.74, 6) is 0.0653. The highest BCUT2D eigenvalue weighted by Crippen LogP contribution is 2.32. The van der Waals surface area contributed by atoms with Gasteiger partial charge in [0.2, 0.25) is 0 Å². The molecule has 0 aliphatic carbocycles. The van der Waals surface area contributed by atoms with Crippen molar-refractivity contribution in [1.29, 1.82) is 0 Å². The fraction of sp³-hybridized carbons (Fsp3) is 0.240. The highest BCUT2D eigenvalue weighted by Gasteiger charge is 2.38. The molecular weight excluding hydrogens is 415 g/mol. The van der Waals surface area contributed by atoms with Gasteiger partial charge in [-0.05, 0) is 47.5 Å². The lowest BCUT2D eigenvalue weighted by molar-refractivity contribution is 0.142. The van der Waals surface area contributed by atoms with Crippen molar-refractivity contribution in [2.75, 3.05) is 20.1 Å². The van der Waals surface area contributed by atoms with Crippen LogP contribution < -0.4 is 4.74 Å². The predicted molar refractivity (Wildman–Crippen MR) is 120 cm³/mol. The Labute approximate surface area is 186 Å². The van der Waals surface area contributed by atoms with E-state index in [9.17, 15) is 9.18 Å². The van der Waals surface area contributed by atoms with E-state index in [4.69, 9.17) is 16.3 Å². The Hall–Kier alpha value is -2.89. The lowest BCUT2D eigenvalue weighted by Crippen LogP contribution is -2.43. The lowest BCUT2D eigenvalue weighted by Gasteiger charge is -2.28. The smallest absolute Gasteiger partial charge is 0.410 e. The molecule has 0 spiro atoms. The summed E-state index contributed by atoms with van der Waals surface area (Å²) in [5.41, 5.74) is 2.36. The van der Waals surface area contributed by atoms with E-state index < -0.39 is 6.09 Å². The summed E-state index contributed by atoms with van der Waals surface area (Å²) in [4.78, 5) is 16.8. The Morgan fingerprint density at radius 3 is 2.39 bits per heavy atom. The number of benzene rings is 3. The van der Waals surface area contributed by atoms with Crippen LogP contribution in [0.3, 0.4) is 0 Å². The zero-order valence-corrected chi connectivity index (χ0v) is 18.0. The Morgan fingerprint density at radius 1 is 1.03 bits per heavy atom. The molecule has 1 aliphatic rings. The van der Waals surface area contributed by atoms with Gasteiger partial charge in [-0.2, -0.15) is 0 Å². The predicted octanol–water partition coefficient (Wildman–Crippen LogP) is 5.58. The molecule has 2 atom stereocenters. The van der Waals surface area contributed by atoms with E-state index in [1.807, 2.05) is 42.5 Å². The van der Waals surface area contributed by atoms with Crippen molar-refractivity contribution < 1.29 is 13.9 Å². The average molecular weight is 439 g/mol. The molecule has 31 heavy (non-hydrogen) atoms.